The number of carbonyl (C=O) groups is 1. The second-order valence-electron chi connectivity index (χ2n) is 8.05. The van der Waals surface area contributed by atoms with E-state index in [0.717, 1.165) is 29.8 Å². The van der Waals surface area contributed by atoms with Crippen molar-refractivity contribution in [2.45, 2.75) is 19.3 Å². The summed E-state index contributed by atoms with van der Waals surface area (Å²) in [5.74, 6) is -2.76. The number of fused-ring (bicyclic) bond motifs is 1. The maximum Gasteiger partial charge on any atom is 0.259 e. The molecule has 194 valence electrons. The number of carbonyl (C=O) groups excluding carboxylic acids is 1. The van der Waals surface area contributed by atoms with Crippen molar-refractivity contribution in [3.05, 3.63) is 76.8 Å². The highest BCUT2D eigenvalue weighted by atomic mass is 35.5. The average Bonchev–Trinajstić information content (AvgIpc) is 3.32. The first-order chi connectivity index (χ1) is 17.7. The number of anilines is 2. The molecule has 37 heavy (non-hydrogen) atoms. The number of hydrogen-bond donors (Lipinski definition) is 3. The van der Waals surface area contributed by atoms with Crippen molar-refractivity contribution < 1.29 is 26.7 Å². The molecule has 0 atom stereocenters. The Morgan fingerprint density at radius 3 is 2.59 bits per heavy atom. The molecule has 0 fully saturated rings. The van der Waals surface area contributed by atoms with Crippen LogP contribution in [0.25, 0.3) is 11.0 Å². The third kappa shape index (κ3) is 6.15. The van der Waals surface area contributed by atoms with E-state index in [1.165, 1.54) is 6.20 Å². The van der Waals surface area contributed by atoms with Gasteiger partial charge in [0.2, 0.25) is 10.0 Å². The van der Waals surface area contributed by atoms with Crippen LogP contribution in [0, 0.1) is 11.6 Å². The van der Waals surface area contributed by atoms with E-state index in [2.05, 4.69) is 25.0 Å². The number of H-pyrrole nitrogens is 1. The number of unbranched alkanes of at least 4 members (excludes halogenated alkanes) is 1. The van der Waals surface area contributed by atoms with Crippen LogP contribution in [0.3, 0.4) is 0 Å². The van der Waals surface area contributed by atoms with Crippen LogP contribution in [-0.4, -0.2) is 42.1 Å². The van der Waals surface area contributed by atoms with Crippen LogP contribution in [0.15, 0.2) is 48.9 Å². The fraction of sp³-hybridized carbons (Fsp3) is 0.208. The summed E-state index contributed by atoms with van der Waals surface area (Å²) in [5.41, 5.74) is 0.143. The van der Waals surface area contributed by atoms with E-state index in [1.54, 1.807) is 7.11 Å². The summed E-state index contributed by atoms with van der Waals surface area (Å²) in [4.78, 5) is 23.2. The second kappa shape index (κ2) is 11.1. The normalized spacial score (nSPS) is 11.5. The zero-order chi connectivity index (χ0) is 26.6. The van der Waals surface area contributed by atoms with Gasteiger partial charge in [-0.05, 0) is 49.1 Å². The van der Waals surface area contributed by atoms with Crippen LogP contribution in [-0.2, 0) is 16.4 Å². The van der Waals surface area contributed by atoms with Gasteiger partial charge in [-0.15, -0.1) is 0 Å². The Bertz CT molecular complexity index is 1550. The number of hydrogen-bond acceptors (Lipinski definition) is 6. The van der Waals surface area contributed by atoms with Gasteiger partial charge in [0.1, 0.15) is 34.6 Å². The number of nitrogens with zero attached hydrogens (tertiary/aromatic N) is 2. The molecule has 2 heterocycles. The fourth-order valence-electron chi connectivity index (χ4n) is 3.64. The topological polar surface area (TPSA) is 126 Å². The maximum atomic E-state index is 15.1. The Hall–Kier alpha value is -3.77. The van der Waals surface area contributed by atoms with Crippen LogP contribution >= 0.6 is 11.6 Å². The van der Waals surface area contributed by atoms with Gasteiger partial charge in [-0.25, -0.2) is 27.2 Å². The average molecular weight is 550 g/mol. The van der Waals surface area contributed by atoms with Crippen LogP contribution < -0.4 is 14.8 Å². The van der Waals surface area contributed by atoms with Crippen molar-refractivity contribution >= 4 is 49.9 Å². The molecule has 1 amide bonds. The van der Waals surface area contributed by atoms with Gasteiger partial charge in [-0.2, -0.15) is 0 Å². The lowest BCUT2D eigenvalue weighted by Crippen LogP contribution is -2.19. The number of aryl methyl sites for hydroxylation is 1. The van der Waals surface area contributed by atoms with E-state index >= 15 is 4.39 Å². The lowest BCUT2D eigenvalue weighted by atomic mass is 10.1. The molecule has 2 aromatic carbocycles. The number of amides is 1. The summed E-state index contributed by atoms with van der Waals surface area (Å²) in [6.07, 6.45) is 3.97. The van der Waals surface area contributed by atoms with E-state index in [0.29, 0.717) is 19.3 Å². The van der Waals surface area contributed by atoms with Gasteiger partial charge in [0, 0.05) is 6.20 Å². The predicted molar refractivity (Wildman–Crippen MR) is 137 cm³/mol. The minimum Gasteiger partial charge on any atom is -0.497 e. The van der Waals surface area contributed by atoms with Crippen molar-refractivity contribution in [3.63, 3.8) is 0 Å². The number of sulfonamides is 1. The minimum atomic E-state index is -3.94. The molecular weight excluding hydrogens is 528 g/mol. The van der Waals surface area contributed by atoms with Gasteiger partial charge in [-0.3, -0.25) is 9.52 Å². The molecule has 2 aromatic heterocycles. The van der Waals surface area contributed by atoms with Crippen LogP contribution in [0.1, 0.15) is 28.8 Å². The highest BCUT2D eigenvalue weighted by Gasteiger charge is 2.22. The molecule has 0 radical (unpaired) electrons. The van der Waals surface area contributed by atoms with E-state index in [4.69, 9.17) is 16.3 Å². The Balaban J connectivity index is 1.41. The molecule has 13 heteroatoms. The van der Waals surface area contributed by atoms with Crippen molar-refractivity contribution in [2.24, 2.45) is 0 Å². The van der Waals surface area contributed by atoms with Gasteiger partial charge in [0.25, 0.3) is 5.91 Å². The number of aromatic nitrogens is 3. The zero-order valence-electron chi connectivity index (χ0n) is 19.5. The molecule has 0 aliphatic carbocycles. The molecule has 0 aliphatic heterocycles. The lowest BCUT2D eigenvalue weighted by Gasteiger charge is -2.13. The van der Waals surface area contributed by atoms with E-state index in [-0.39, 0.29) is 27.5 Å². The Labute approximate surface area is 216 Å². The number of aromatic amines is 1. The standard InChI is InChI=1S/C24H22ClF2N5O4S/c1-36-15-7-5-14(6-8-15)4-2-3-11-37(34,35)32-18-10-9-17(26)21(19(18)27)31-24(33)16-12-28-22-20(16)29-13-30-23(22)25/h5-10,12-13,28,32H,2-4,11H2,1H3,(H,31,33). The third-order valence-electron chi connectivity index (χ3n) is 5.54. The molecule has 4 rings (SSSR count). The van der Waals surface area contributed by atoms with Gasteiger partial charge in [-0.1, -0.05) is 23.7 Å². The van der Waals surface area contributed by atoms with Gasteiger partial charge < -0.3 is 15.0 Å². The summed E-state index contributed by atoms with van der Waals surface area (Å²) in [6.45, 7) is 0. The first-order valence-corrected chi connectivity index (χ1v) is 13.1. The number of methoxy groups -OCH3 is 1. The Morgan fingerprint density at radius 1 is 1.11 bits per heavy atom. The zero-order valence-corrected chi connectivity index (χ0v) is 21.1. The third-order valence-corrected chi connectivity index (χ3v) is 7.19. The molecule has 4 aromatic rings. The Morgan fingerprint density at radius 2 is 1.86 bits per heavy atom. The highest BCUT2D eigenvalue weighted by Crippen LogP contribution is 2.28. The van der Waals surface area contributed by atoms with Gasteiger partial charge in [0.05, 0.1) is 24.1 Å². The largest absolute Gasteiger partial charge is 0.497 e. The molecular formula is C24H22ClF2N5O4S. The summed E-state index contributed by atoms with van der Waals surface area (Å²) in [7, 11) is -2.37. The van der Waals surface area contributed by atoms with E-state index in [1.807, 2.05) is 24.3 Å². The summed E-state index contributed by atoms with van der Waals surface area (Å²) < 4.78 is 61.8. The summed E-state index contributed by atoms with van der Waals surface area (Å²) >= 11 is 5.95. The molecule has 0 unspecified atom stereocenters. The van der Waals surface area contributed by atoms with Crippen molar-refractivity contribution in [2.75, 3.05) is 22.9 Å². The van der Waals surface area contributed by atoms with Crippen LogP contribution in [0.2, 0.25) is 5.15 Å². The predicted octanol–water partition coefficient (Wildman–Crippen LogP) is 4.92. The second-order valence-corrected chi connectivity index (χ2v) is 10.3. The van der Waals surface area contributed by atoms with Gasteiger partial charge >= 0.3 is 0 Å². The molecule has 3 N–H and O–H groups in total. The summed E-state index contributed by atoms with van der Waals surface area (Å²) in [5, 5.41) is 2.21. The SMILES string of the molecule is COc1ccc(CCCCS(=O)(=O)Nc2ccc(F)c(NC(=O)c3c[nH]c4c(Cl)ncnc34)c2F)cc1. The van der Waals surface area contributed by atoms with Crippen molar-refractivity contribution in [1.29, 1.82) is 0 Å². The maximum absolute atomic E-state index is 15.1. The first kappa shape index (κ1) is 26.3. The molecule has 0 aliphatic rings. The number of halogens is 3. The minimum absolute atomic E-state index is 0.0269. The fourth-order valence-corrected chi connectivity index (χ4v) is 5.01. The van der Waals surface area contributed by atoms with Crippen molar-refractivity contribution in [1.82, 2.24) is 15.0 Å². The number of rotatable bonds is 10. The van der Waals surface area contributed by atoms with Crippen molar-refractivity contribution in [3.8, 4) is 5.75 Å². The molecule has 0 spiro atoms. The monoisotopic (exact) mass is 549 g/mol. The Kier molecular flexibility index (Phi) is 7.89. The van der Waals surface area contributed by atoms with E-state index in [9.17, 15) is 17.6 Å². The number of nitrogens with one attached hydrogen (secondary N) is 3. The number of ether oxygens (including phenoxy) is 1. The van der Waals surface area contributed by atoms with E-state index < -0.39 is 38.9 Å². The smallest absolute Gasteiger partial charge is 0.259 e. The molecule has 9 nitrogen and oxygen atoms in total. The van der Waals surface area contributed by atoms with Crippen LogP contribution in [0.5, 0.6) is 5.75 Å². The van der Waals surface area contributed by atoms with Gasteiger partial charge in [0.15, 0.2) is 11.0 Å². The highest BCUT2D eigenvalue weighted by molar-refractivity contribution is 7.92. The number of benzene rings is 2. The van der Waals surface area contributed by atoms with Crippen LogP contribution in [0.4, 0.5) is 20.2 Å². The first-order valence-electron chi connectivity index (χ1n) is 11.1. The quantitative estimate of drug-likeness (QED) is 0.190. The molecule has 0 bridgehead atoms. The molecule has 0 saturated heterocycles. The lowest BCUT2D eigenvalue weighted by molar-refractivity contribution is 0.102. The summed E-state index contributed by atoms with van der Waals surface area (Å²) in [6, 6.07) is 9.24. The molecule has 0 saturated carbocycles.